The molecule has 15 saturated carbocycles. The van der Waals surface area contributed by atoms with Crippen LogP contribution in [0.25, 0.3) is 0 Å². The molecule has 76 heavy (non-hydrogen) atoms. The van der Waals surface area contributed by atoms with E-state index in [1.165, 1.54) is 186 Å². The lowest BCUT2D eigenvalue weighted by Crippen LogP contribution is -2.48. The van der Waals surface area contributed by atoms with Crippen molar-refractivity contribution in [1.82, 2.24) is 0 Å². The Balaban J connectivity index is 0.000000187. The van der Waals surface area contributed by atoms with Crippen LogP contribution < -0.4 is 0 Å². The normalized spacial score (nSPS) is 37.6. The molecule has 0 heterocycles. The molecule has 15 aliphatic rings. The zero-order valence-electron chi connectivity index (χ0n) is 52.8. The van der Waals surface area contributed by atoms with E-state index in [4.69, 9.17) is 42.6 Å². The second kappa shape index (κ2) is 37.0. The minimum absolute atomic E-state index is 0.328. The molecule has 5 unspecified atom stereocenters. The van der Waals surface area contributed by atoms with Crippen LogP contribution in [-0.2, 0) is 42.6 Å². The maximum Gasteiger partial charge on any atom is 0.0681 e. The van der Waals surface area contributed by atoms with Gasteiger partial charge < -0.3 is 42.6 Å². The Kier molecular flexibility index (Phi) is 33.1. The summed E-state index contributed by atoms with van der Waals surface area (Å²) in [5, 5.41) is 0. The summed E-state index contributed by atoms with van der Waals surface area (Å²) >= 11 is 0. The molecule has 0 aromatic heterocycles. The highest BCUT2D eigenvalue weighted by molar-refractivity contribution is 4.99. The lowest BCUT2D eigenvalue weighted by molar-refractivity contribution is -0.110. The highest BCUT2D eigenvalue weighted by Gasteiger charge is 2.49. The van der Waals surface area contributed by atoms with E-state index >= 15 is 0 Å². The summed E-state index contributed by atoms with van der Waals surface area (Å²) in [6, 6.07) is 0. The van der Waals surface area contributed by atoms with Gasteiger partial charge in [-0.2, -0.15) is 0 Å². The molecule has 0 amide bonds. The molecule has 0 saturated heterocycles. The van der Waals surface area contributed by atoms with Crippen LogP contribution in [0.4, 0.5) is 0 Å². The molecule has 0 aromatic rings. The molecule has 9 heteroatoms. The first-order valence-corrected chi connectivity index (χ1v) is 32.5. The van der Waals surface area contributed by atoms with Gasteiger partial charge in [-0.15, -0.1) is 0 Å². The van der Waals surface area contributed by atoms with Crippen molar-refractivity contribution in [1.29, 1.82) is 0 Å². The minimum Gasteiger partial charge on any atom is -0.382 e. The molecular formula is C67H128O9. The van der Waals surface area contributed by atoms with Crippen LogP contribution in [0.2, 0.25) is 0 Å². The van der Waals surface area contributed by atoms with Crippen molar-refractivity contribution >= 4 is 0 Å². The fraction of sp³-hybridized carbons (Fsp3) is 1.00. The van der Waals surface area contributed by atoms with Gasteiger partial charge in [0.25, 0.3) is 0 Å². The quantitative estimate of drug-likeness (QED) is 0.190. The van der Waals surface area contributed by atoms with E-state index in [-0.39, 0.29) is 0 Å². The molecule has 15 rings (SSSR count). The second-order valence-corrected chi connectivity index (χ2v) is 26.7. The Morgan fingerprint density at radius 3 is 1.08 bits per heavy atom. The molecule has 12 bridgehead atoms. The third-order valence-electron chi connectivity index (χ3n) is 21.8. The van der Waals surface area contributed by atoms with Gasteiger partial charge in [0, 0.05) is 64.0 Å². The van der Waals surface area contributed by atoms with Gasteiger partial charge in [0.1, 0.15) is 0 Å². The number of methoxy groups -OCH3 is 9. The third kappa shape index (κ3) is 22.4. The van der Waals surface area contributed by atoms with Gasteiger partial charge in [-0.3, -0.25) is 0 Å². The predicted molar refractivity (Wildman–Crippen MR) is 316 cm³/mol. The largest absolute Gasteiger partial charge is 0.382 e. The highest BCUT2D eigenvalue weighted by Crippen LogP contribution is 2.55. The first-order chi connectivity index (χ1) is 36.7. The fourth-order valence-electron chi connectivity index (χ4n) is 16.4. The maximum absolute atomic E-state index is 5.63. The number of fused-ring (bicyclic) bond motifs is 10. The number of rotatable bonds is 12. The Hall–Kier alpha value is -0.360. The number of hydrogen-bond acceptors (Lipinski definition) is 9. The van der Waals surface area contributed by atoms with Gasteiger partial charge in [0.15, 0.2) is 0 Å². The van der Waals surface area contributed by atoms with Crippen LogP contribution >= 0.6 is 0 Å². The minimum atomic E-state index is 0.328. The van der Waals surface area contributed by atoms with Crippen LogP contribution in [-0.4, -0.2) is 118 Å². The third-order valence-corrected chi connectivity index (χ3v) is 21.8. The average Bonchev–Trinajstić information content (AvgIpc) is 4.32. The molecule has 0 aliphatic heterocycles. The smallest absolute Gasteiger partial charge is 0.0681 e. The monoisotopic (exact) mass is 1080 g/mol. The average molecular weight is 1080 g/mol. The van der Waals surface area contributed by atoms with Crippen LogP contribution in [0.3, 0.4) is 0 Å². The van der Waals surface area contributed by atoms with Crippen molar-refractivity contribution in [2.75, 3.05) is 64.0 Å². The summed E-state index contributed by atoms with van der Waals surface area (Å²) in [5.41, 5.74) is 0.680. The molecule has 0 N–H and O–H groups in total. The van der Waals surface area contributed by atoms with Gasteiger partial charge >= 0.3 is 0 Å². The van der Waals surface area contributed by atoms with Crippen LogP contribution in [0.1, 0.15) is 253 Å². The first-order valence-electron chi connectivity index (χ1n) is 32.5. The molecule has 9 nitrogen and oxygen atoms in total. The zero-order chi connectivity index (χ0) is 55.5. The zero-order valence-corrected chi connectivity index (χ0v) is 52.8. The summed E-state index contributed by atoms with van der Waals surface area (Å²) in [5.74, 6) is 9.99. The lowest BCUT2D eigenvalue weighted by Gasteiger charge is -2.53. The van der Waals surface area contributed by atoms with E-state index in [0.29, 0.717) is 53.9 Å². The number of hydrogen-bond donors (Lipinski definition) is 0. The van der Waals surface area contributed by atoms with E-state index in [1.807, 2.05) is 56.5 Å². The van der Waals surface area contributed by atoms with Crippen LogP contribution in [0.5, 0.6) is 0 Å². The van der Waals surface area contributed by atoms with E-state index in [1.54, 1.807) is 27.8 Å². The maximum atomic E-state index is 5.63. The topological polar surface area (TPSA) is 83.1 Å². The summed E-state index contributed by atoms with van der Waals surface area (Å²) in [4.78, 5) is 0. The molecule has 0 radical (unpaired) electrons. The molecule has 15 fully saturated rings. The summed E-state index contributed by atoms with van der Waals surface area (Å²) in [7, 11) is 16.4. The Labute approximate surface area is 471 Å². The summed E-state index contributed by atoms with van der Waals surface area (Å²) in [6.45, 7) is 12.4. The highest BCUT2D eigenvalue weighted by atomic mass is 16.5. The summed E-state index contributed by atoms with van der Waals surface area (Å²) < 4.78 is 47.3. The van der Waals surface area contributed by atoms with E-state index in [0.717, 1.165) is 78.4 Å². The molecular weight excluding hydrogens is 949 g/mol. The van der Waals surface area contributed by atoms with E-state index in [9.17, 15) is 0 Å². The van der Waals surface area contributed by atoms with Crippen molar-refractivity contribution in [3.8, 4) is 0 Å². The molecule has 450 valence electrons. The predicted octanol–water partition coefficient (Wildman–Crippen LogP) is 17.1. The first kappa shape index (κ1) is 68.1. The van der Waals surface area contributed by atoms with Crippen LogP contribution in [0, 0.1) is 59.2 Å². The van der Waals surface area contributed by atoms with Crippen molar-refractivity contribution in [2.24, 2.45) is 59.2 Å². The fourth-order valence-corrected chi connectivity index (χ4v) is 16.4. The van der Waals surface area contributed by atoms with Gasteiger partial charge in [0.2, 0.25) is 0 Å². The van der Waals surface area contributed by atoms with Gasteiger partial charge in [-0.05, 0) is 273 Å². The van der Waals surface area contributed by atoms with E-state index in [2.05, 4.69) is 27.7 Å². The lowest BCUT2D eigenvalue weighted by atomic mass is 9.55. The molecule has 0 spiro atoms. The SMILES string of the molecule is CCC(C)OC.CCC(CC)OC.COC(C)C.COC12CCC(CC1)C2.COC12CCC(CC1)CC2.COC1C2CC3CC(C2)CC1C3.COC1CC2CCC1C2.COC1CC2CCC1CC2.COC1CCCCC1. The van der Waals surface area contributed by atoms with Crippen molar-refractivity contribution in [3.05, 3.63) is 0 Å². The Morgan fingerprint density at radius 1 is 0.368 bits per heavy atom. The van der Waals surface area contributed by atoms with Crippen molar-refractivity contribution in [3.63, 3.8) is 0 Å². The van der Waals surface area contributed by atoms with Gasteiger partial charge in [-0.25, -0.2) is 0 Å². The second-order valence-electron chi connectivity index (χ2n) is 26.7. The standard InChI is InChI=1S/C11H18O.2C9H16O.2C8H14O.C7H14O.C6H14O.C5H12O.C4H10O/c1-12-11-9-3-7-2-8(5-9)6-10(11)4-7;1-10-9-5-2-8(3-6-9)4-7-9;1-10-9-6-7-2-4-8(9)5-3-7;1-9-8-4-2-7(6-8)3-5-8;1-9-8-5-6-2-3-7(8)4-6;1-8-7-5-3-2-4-6-7;1-4-6(5-2)7-3;1-4-5(2)6-3;1-4(2)5-3/h7-11H,2-6H2,1H3;8H,2-7H2,1H3;7-9H,2-6H2,1H3;7H,2-6H2,1H3;6-8H,2-5H2,1H3;7H,2-6H2,1H3;6H,4-5H2,1-3H3;5H,4H2,1-3H3;4H,1-3H3. The summed E-state index contributed by atoms with van der Waals surface area (Å²) in [6.07, 6.45) is 49.3. The van der Waals surface area contributed by atoms with Crippen LogP contribution in [0.15, 0.2) is 0 Å². The molecule has 15 aliphatic carbocycles. The Morgan fingerprint density at radius 2 is 0.829 bits per heavy atom. The van der Waals surface area contributed by atoms with E-state index < -0.39 is 0 Å². The van der Waals surface area contributed by atoms with Gasteiger partial charge in [0.05, 0.1) is 53.9 Å². The Bertz CT molecular complexity index is 1360. The molecule has 5 atom stereocenters. The molecule has 0 aromatic carbocycles. The number of ether oxygens (including phenoxy) is 9. The van der Waals surface area contributed by atoms with Crippen molar-refractivity contribution < 1.29 is 42.6 Å². The van der Waals surface area contributed by atoms with Crippen molar-refractivity contribution in [2.45, 2.75) is 307 Å². The van der Waals surface area contributed by atoms with Gasteiger partial charge in [-0.1, -0.05) is 40.0 Å².